The molecule has 0 radical (unpaired) electrons. The monoisotopic (exact) mass is 263 g/mol. The minimum absolute atomic E-state index is 0.311. The topological polar surface area (TPSA) is 21.6 Å². The summed E-state index contributed by atoms with van der Waals surface area (Å²) in [6.45, 7) is 4.15. The molecule has 1 aliphatic heterocycles. The van der Waals surface area contributed by atoms with Crippen molar-refractivity contribution in [1.82, 2.24) is 0 Å². The van der Waals surface area contributed by atoms with Gasteiger partial charge in [0.25, 0.3) is 0 Å². The lowest BCUT2D eigenvalue weighted by atomic mass is 10.0. The van der Waals surface area contributed by atoms with Crippen molar-refractivity contribution in [2.75, 3.05) is 0 Å². The smallest absolute Gasteiger partial charge is 0.134 e. The van der Waals surface area contributed by atoms with Crippen LogP contribution in [0.4, 0.5) is 0 Å². The predicted molar refractivity (Wildman–Crippen MR) is 84.0 cm³/mol. The molecule has 2 nitrogen and oxygen atoms in total. The Morgan fingerprint density at radius 2 is 1.65 bits per heavy atom. The van der Waals surface area contributed by atoms with Crippen LogP contribution < -0.4 is 4.74 Å². The molecule has 20 heavy (non-hydrogen) atoms. The van der Waals surface area contributed by atoms with Gasteiger partial charge in [-0.2, -0.15) is 0 Å². The third-order valence-electron chi connectivity index (χ3n) is 3.11. The highest BCUT2D eigenvalue weighted by Crippen LogP contribution is 2.29. The molecule has 0 amide bonds. The number of allylic oxidation sites excluding steroid dienone is 6. The fraction of sp³-hybridized carbons (Fsp3) is 0.167. The number of benzene rings is 1. The molecule has 0 N–H and O–H groups in total. The van der Waals surface area contributed by atoms with Crippen LogP contribution in [0.1, 0.15) is 19.4 Å². The van der Waals surface area contributed by atoms with E-state index in [0.717, 1.165) is 28.4 Å². The van der Waals surface area contributed by atoms with Crippen molar-refractivity contribution >= 4 is 11.8 Å². The van der Waals surface area contributed by atoms with E-state index in [0.29, 0.717) is 6.04 Å². The van der Waals surface area contributed by atoms with Crippen molar-refractivity contribution < 1.29 is 4.74 Å². The highest BCUT2D eigenvalue weighted by molar-refractivity contribution is 6.06. The van der Waals surface area contributed by atoms with E-state index in [9.17, 15) is 0 Å². The summed E-state index contributed by atoms with van der Waals surface area (Å²) < 4.78 is 5.94. The van der Waals surface area contributed by atoms with E-state index in [1.165, 1.54) is 0 Å². The molecule has 1 heterocycles. The van der Waals surface area contributed by atoms with Gasteiger partial charge in [0, 0.05) is 17.2 Å². The number of rotatable bonds is 1. The Morgan fingerprint density at radius 1 is 0.900 bits per heavy atom. The maximum atomic E-state index is 5.94. The normalized spacial score (nSPS) is 16.4. The number of para-hydroxylation sites is 1. The second-order valence-electron chi connectivity index (χ2n) is 5.11. The standard InChI is InChI=1S/C18H17NO/c1-13(2)19-16-10-7-15(8-11-16)18-12-9-14-5-3-4-6-17(14)20-18/h3-13H,1-2H3. The van der Waals surface area contributed by atoms with Gasteiger partial charge in [-0.1, -0.05) is 18.2 Å². The summed E-state index contributed by atoms with van der Waals surface area (Å²) in [6.07, 6.45) is 12.3. The van der Waals surface area contributed by atoms with Gasteiger partial charge in [-0.15, -0.1) is 0 Å². The number of fused-ring (bicyclic) bond motifs is 1. The van der Waals surface area contributed by atoms with E-state index in [1.54, 1.807) is 0 Å². The highest BCUT2D eigenvalue weighted by Gasteiger charge is 2.11. The van der Waals surface area contributed by atoms with Crippen LogP contribution >= 0.6 is 0 Å². The van der Waals surface area contributed by atoms with Crippen molar-refractivity contribution in [2.24, 2.45) is 4.99 Å². The summed E-state index contributed by atoms with van der Waals surface area (Å²) >= 11 is 0. The molecule has 0 saturated heterocycles. The van der Waals surface area contributed by atoms with Crippen molar-refractivity contribution in [2.45, 2.75) is 19.9 Å². The van der Waals surface area contributed by atoms with E-state index >= 15 is 0 Å². The van der Waals surface area contributed by atoms with Crippen LogP contribution in [0.25, 0.3) is 6.08 Å². The van der Waals surface area contributed by atoms with Gasteiger partial charge in [0.1, 0.15) is 11.5 Å². The minimum Gasteiger partial charge on any atom is -0.456 e. The van der Waals surface area contributed by atoms with E-state index in [2.05, 4.69) is 37.1 Å². The quantitative estimate of drug-likeness (QED) is 0.739. The number of ether oxygens (including phenoxy) is 1. The fourth-order valence-corrected chi connectivity index (χ4v) is 2.19. The van der Waals surface area contributed by atoms with Crippen LogP contribution in [0.15, 0.2) is 71.0 Å². The number of hydrogen-bond acceptors (Lipinski definition) is 2. The lowest BCUT2D eigenvalue weighted by molar-refractivity contribution is 0.437. The molecule has 0 atom stereocenters. The van der Waals surface area contributed by atoms with Gasteiger partial charge in [0.05, 0.1) is 5.71 Å². The summed E-state index contributed by atoms with van der Waals surface area (Å²) in [7, 11) is 0. The van der Waals surface area contributed by atoms with Gasteiger partial charge in [0.2, 0.25) is 0 Å². The molecule has 2 aliphatic rings. The van der Waals surface area contributed by atoms with Crippen LogP contribution in [-0.4, -0.2) is 11.8 Å². The second-order valence-corrected chi connectivity index (χ2v) is 5.11. The largest absolute Gasteiger partial charge is 0.456 e. The first kappa shape index (κ1) is 12.7. The first-order valence-corrected chi connectivity index (χ1v) is 6.85. The summed E-state index contributed by atoms with van der Waals surface area (Å²) in [5.41, 5.74) is 3.19. The van der Waals surface area contributed by atoms with Gasteiger partial charge >= 0.3 is 0 Å². The number of hydrogen-bond donors (Lipinski definition) is 0. The Balaban J connectivity index is 1.87. The van der Waals surface area contributed by atoms with Gasteiger partial charge in [0.15, 0.2) is 0 Å². The molecule has 100 valence electrons. The first-order valence-electron chi connectivity index (χ1n) is 6.85. The second kappa shape index (κ2) is 5.33. The van der Waals surface area contributed by atoms with E-state index in [-0.39, 0.29) is 0 Å². The van der Waals surface area contributed by atoms with Crippen LogP contribution in [0.5, 0.6) is 5.75 Å². The average Bonchev–Trinajstić information content (AvgIpc) is 2.47. The van der Waals surface area contributed by atoms with Gasteiger partial charge in [-0.3, -0.25) is 4.99 Å². The van der Waals surface area contributed by atoms with Crippen LogP contribution in [-0.2, 0) is 0 Å². The van der Waals surface area contributed by atoms with Gasteiger partial charge < -0.3 is 4.74 Å². The first-order chi connectivity index (χ1) is 9.72. The Morgan fingerprint density at radius 3 is 2.40 bits per heavy atom. The minimum atomic E-state index is 0.311. The molecule has 0 spiro atoms. The van der Waals surface area contributed by atoms with E-state index in [1.807, 2.05) is 42.5 Å². The lowest BCUT2D eigenvalue weighted by Gasteiger charge is -2.16. The van der Waals surface area contributed by atoms with Crippen LogP contribution in [0, 0.1) is 0 Å². The Bertz CT molecular complexity index is 654. The zero-order chi connectivity index (χ0) is 13.9. The molecule has 0 bridgehead atoms. The van der Waals surface area contributed by atoms with Crippen LogP contribution in [0.3, 0.4) is 0 Å². The van der Waals surface area contributed by atoms with Crippen molar-refractivity contribution in [3.8, 4) is 5.75 Å². The van der Waals surface area contributed by atoms with Crippen molar-refractivity contribution in [3.63, 3.8) is 0 Å². The molecule has 0 fully saturated rings. The predicted octanol–water partition coefficient (Wildman–Crippen LogP) is 4.32. The molecular formula is C18H17NO. The molecule has 1 aromatic carbocycles. The van der Waals surface area contributed by atoms with E-state index in [4.69, 9.17) is 4.74 Å². The summed E-state index contributed by atoms with van der Waals surface area (Å²) in [4.78, 5) is 4.51. The highest BCUT2D eigenvalue weighted by atomic mass is 16.5. The fourth-order valence-electron chi connectivity index (χ4n) is 2.19. The van der Waals surface area contributed by atoms with Gasteiger partial charge in [-0.25, -0.2) is 0 Å². The SMILES string of the molecule is CC(C)N=C1C=CC(=C2C=Cc3ccccc3O2)C=C1. The Labute approximate surface area is 119 Å². The average molecular weight is 263 g/mol. The summed E-state index contributed by atoms with van der Waals surface area (Å²) in [5, 5.41) is 0. The number of aliphatic imine (C=N–C) groups is 1. The molecule has 3 rings (SSSR count). The molecule has 2 heteroatoms. The zero-order valence-electron chi connectivity index (χ0n) is 11.7. The maximum Gasteiger partial charge on any atom is 0.134 e. The van der Waals surface area contributed by atoms with E-state index < -0.39 is 0 Å². The molecule has 1 aromatic rings. The lowest BCUT2D eigenvalue weighted by Crippen LogP contribution is -2.04. The summed E-state index contributed by atoms with van der Waals surface area (Å²) in [6, 6.07) is 8.35. The number of nitrogens with zero attached hydrogens (tertiary/aromatic N) is 1. The van der Waals surface area contributed by atoms with Crippen molar-refractivity contribution in [1.29, 1.82) is 0 Å². The zero-order valence-corrected chi connectivity index (χ0v) is 11.7. The summed E-state index contributed by atoms with van der Waals surface area (Å²) in [5.74, 6) is 1.78. The van der Waals surface area contributed by atoms with Crippen LogP contribution in [0.2, 0.25) is 0 Å². The molecule has 0 unspecified atom stereocenters. The van der Waals surface area contributed by atoms with Gasteiger partial charge in [-0.05, 0) is 56.4 Å². The Kier molecular flexibility index (Phi) is 3.38. The molecule has 0 aromatic heterocycles. The third kappa shape index (κ3) is 2.64. The molecule has 0 saturated carbocycles. The maximum absolute atomic E-state index is 5.94. The van der Waals surface area contributed by atoms with Crippen molar-refractivity contribution in [3.05, 3.63) is 71.5 Å². The third-order valence-corrected chi connectivity index (χ3v) is 3.11. The molecular weight excluding hydrogens is 246 g/mol. The Hall–Kier alpha value is -2.35. The molecule has 1 aliphatic carbocycles.